The highest BCUT2D eigenvalue weighted by Crippen LogP contribution is 2.35. The van der Waals surface area contributed by atoms with Gasteiger partial charge < -0.3 is 20.7 Å². The van der Waals surface area contributed by atoms with E-state index in [2.05, 4.69) is 24.6 Å². The summed E-state index contributed by atoms with van der Waals surface area (Å²) in [6.07, 6.45) is -4.56. The maximum atomic E-state index is 13.9. The van der Waals surface area contributed by atoms with E-state index in [-0.39, 0.29) is 40.5 Å². The van der Waals surface area contributed by atoms with Gasteiger partial charge in [-0.1, -0.05) is 17.7 Å². The first-order valence-electron chi connectivity index (χ1n) is 11.8. The van der Waals surface area contributed by atoms with Crippen molar-refractivity contribution >= 4 is 50.8 Å². The Bertz CT molecular complexity index is 1500. The van der Waals surface area contributed by atoms with Crippen LogP contribution in [0.25, 0.3) is 10.1 Å². The lowest BCUT2D eigenvalue weighted by molar-refractivity contribution is -0.138. The lowest BCUT2D eigenvalue weighted by Gasteiger charge is -2.33. The monoisotopic (exact) mass is 577 g/mol. The van der Waals surface area contributed by atoms with E-state index in [0.29, 0.717) is 28.9 Å². The number of benzene rings is 2. The average Bonchev–Trinajstić information content (AvgIpc) is 3.28. The topological polar surface area (TPSA) is 110 Å². The predicted octanol–water partition coefficient (Wildman–Crippen LogP) is 5.13. The molecule has 3 heterocycles. The fourth-order valence-corrected chi connectivity index (χ4v) is 5.21. The van der Waals surface area contributed by atoms with Crippen LogP contribution in [0.3, 0.4) is 0 Å². The minimum Gasteiger partial charge on any atom is -0.439 e. The number of nitrogen functional groups attached to an aromatic ring is 1. The number of anilines is 2. The van der Waals surface area contributed by atoms with Crippen molar-refractivity contribution in [1.29, 1.82) is 0 Å². The maximum Gasteiger partial charge on any atom is 0.416 e. The Kier molecular flexibility index (Phi) is 7.58. The van der Waals surface area contributed by atoms with E-state index in [4.69, 9.17) is 22.1 Å². The number of nitrogens with zero attached hydrogens (tertiary/aromatic N) is 5. The van der Waals surface area contributed by atoms with Crippen molar-refractivity contribution in [2.75, 3.05) is 44.3 Å². The third kappa shape index (κ3) is 6.38. The van der Waals surface area contributed by atoms with Crippen molar-refractivity contribution in [3.63, 3.8) is 0 Å². The number of alkyl halides is 3. The number of carbonyl (C=O) groups is 1. The number of hydrogen-bond donors (Lipinski definition) is 2. The molecule has 2 aromatic carbocycles. The Morgan fingerprint density at radius 3 is 2.62 bits per heavy atom. The number of rotatable bonds is 6. The third-order valence-electron chi connectivity index (χ3n) is 6.23. The van der Waals surface area contributed by atoms with Crippen LogP contribution in [0.4, 0.5) is 24.8 Å². The molecule has 2 aromatic heterocycles. The van der Waals surface area contributed by atoms with Crippen LogP contribution in [0.2, 0.25) is 5.15 Å². The molecule has 0 radical (unpaired) electrons. The van der Waals surface area contributed by atoms with Crippen LogP contribution in [-0.4, -0.2) is 63.3 Å². The van der Waals surface area contributed by atoms with Crippen LogP contribution in [-0.2, 0) is 12.7 Å². The number of aromatic nitrogens is 3. The van der Waals surface area contributed by atoms with Crippen LogP contribution >= 0.6 is 23.1 Å². The number of amides is 1. The summed E-state index contributed by atoms with van der Waals surface area (Å²) in [5.41, 5.74) is 5.11. The van der Waals surface area contributed by atoms with Crippen LogP contribution in [0.5, 0.6) is 11.6 Å². The Hall–Kier alpha value is -3.52. The molecule has 4 aromatic rings. The quantitative estimate of drug-likeness (QED) is 0.304. The molecule has 9 nitrogen and oxygen atoms in total. The number of hydrogen-bond acceptors (Lipinski definition) is 9. The molecular formula is C25H23ClF3N7O2S. The molecule has 204 valence electrons. The van der Waals surface area contributed by atoms with Crippen LogP contribution in [0, 0.1) is 0 Å². The normalized spacial score (nSPS) is 15.0. The number of likely N-dealkylation sites (N-methyl/N-ethyl adjacent to an activating group) is 1. The Labute approximate surface area is 230 Å². The number of nitrogens with one attached hydrogen (secondary N) is 1. The van der Waals surface area contributed by atoms with Crippen molar-refractivity contribution in [2.24, 2.45) is 0 Å². The highest BCUT2D eigenvalue weighted by molar-refractivity contribution is 7.13. The fraction of sp³-hybridized carbons (Fsp3) is 0.280. The predicted molar refractivity (Wildman–Crippen MR) is 143 cm³/mol. The molecule has 5 rings (SSSR count). The molecule has 0 aliphatic carbocycles. The molecule has 14 heteroatoms. The minimum atomic E-state index is -4.56. The van der Waals surface area contributed by atoms with E-state index in [1.54, 1.807) is 18.2 Å². The first kappa shape index (κ1) is 27.1. The van der Waals surface area contributed by atoms with E-state index >= 15 is 0 Å². The standard InChI is InChI=1S/C25H23ClF3N7O2S/c1-35-6-8-36(9-7-35)13-14-2-3-15(10-18(14)25(27,28)29)31-23(37)22-17-5-4-16(11-19(17)39-34-22)38-21-12-20(26)32-24(30)33-21/h2-5,10-12H,6-9,13H2,1H3,(H,31,37)(H2,30,32,33). The molecule has 0 saturated carbocycles. The van der Waals surface area contributed by atoms with Gasteiger partial charge in [0, 0.05) is 55.9 Å². The van der Waals surface area contributed by atoms with Crippen molar-refractivity contribution in [3.05, 3.63) is 64.4 Å². The zero-order chi connectivity index (χ0) is 27.7. The number of fused-ring (bicyclic) bond motifs is 1. The third-order valence-corrected chi connectivity index (χ3v) is 7.23. The van der Waals surface area contributed by atoms with Gasteiger partial charge in [0.1, 0.15) is 16.6 Å². The summed E-state index contributed by atoms with van der Waals surface area (Å²) in [6, 6.07) is 10.2. The van der Waals surface area contributed by atoms with Gasteiger partial charge in [-0.15, -0.1) is 0 Å². The van der Waals surface area contributed by atoms with Crippen LogP contribution in [0.1, 0.15) is 21.6 Å². The van der Waals surface area contributed by atoms with Gasteiger partial charge in [-0.3, -0.25) is 9.69 Å². The van der Waals surface area contributed by atoms with E-state index in [0.717, 1.165) is 30.7 Å². The zero-order valence-corrected chi connectivity index (χ0v) is 22.2. The van der Waals surface area contributed by atoms with Crippen molar-refractivity contribution in [3.8, 4) is 11.6 Å². The van der Waals surface area contributed by atoms with Gasteiger partial charge in [-0.2, -0.15) is 22.5 Å². The number of halogens is 4. The van der Waals surface area contributed by atoms with Gasteiger partial charge in [-0.05, 0) is 48.4 Å². The van der Waals surface area contributed by atoms with Gasteiger partial charge in [-0.25, -0.2) is 4.98 Å². The smallest absolute Gasteiger partial charge is 0.416 e. The first-order valence-corrected chi connectivity index (χ1v) is 13.0. The summed E-state index contributed by atoms with van der Waals surface area (Å²) in [5, 5.41) is 3.20. The largest absolute Gasteiger partial charge is 0.439 e. The number of piperazine rings is 1. The molecule has 0 unspecified atom stereocenters. The molecule has 1 fully saturated rings. The van der Waals surface area contributed by atoms with Crippen molar-refractivity contribution < 1.29 is 22.7 Å². The maximum absolute atomic E-state index is 13.9. The highest BCUT2D eigenvalue weighted by Gasteiger charge is 2.34. The summed E-state index contributed by atoms with van der Waals surface area (Å²) < 4.78 is 52.3. The van der Waals surface area contributed by atoms with Gasteiger partial charge in [0.15, 0.2) is 0 Å². The molecule has 0 spiro atoms. The molecule has 0 atom stereocenters. The summed E-state index contributed by atoms with van der Waals surface area (Å²) in [6.45, 7) is 3.17. The molecule has 0 bridgehead atoms. The van der Waals surface area contributed by atoms with E-state index in [9.17, 15) is 18.0 Å². The second-order valence-corrected chi connectivity index (χ2v) is 10.3. The molecule has 1 saturated heterocycles. The minimum absolute atomic E-state index is 0.0359. The lowest BCUT2D eigenvalue weighted by Crippen LogP contribution is -2.44. The Morgan fingerprint density at radius 2 is 1.90 bits per heavy atom. The van der Waals surface area contributed by atoms with E-state index < -0.39 is 17.6 Å². The first-order chi connectivity index (χ1) is 18.5. The zero-order valence-electron chi connectivity index (χ0n) is 20.6. The summed E-state index contributed by atoms with van der Waals surface area (Å²) in [7, 11) is 1.99. The van der Waals surface area contributed by atoms with Crippen molar-refractivity contribution in [2.45, 2.75) is 12.7 Å². The molecule has 1 aliphatic rings. The number of ether oxygens (including phenoxy) is 1. The second-order valence-electron chi connectivity index (χ2n) is 9.08. The summed E-state index contributed by atoms with van der Waals surface area (Å²) >= 11 is 6.93. The summed E-state index contributed by atoms with van der Waals surface area (Å²) in [5.74, 6) is -0.120. The Balaban J connectivity index is 1.33. The van der Waals surface area contributed by atoms with Crippen molar-refractivity contribution in [1.82, 2.24) is 24.1 Å². The fourth-order valence-electron chi connectivity index (χ4n) is 4.23. The van der Waals surface area contributed by atoms with Gasteiger partial charge in [0.2, 0.25) is 11.8 Å². The van der Waals surface area contributed by atoms with Gasteiger partial charge >= 0.3 is 6.18 Å². The lowest BCUT2D eigenvalue weighted by atomic mass is 10.0. The molecule has 1 amide bonds. The molecule has 3 N–H and O–H groups in total. The van der Waals surface area contributed by atoms with Gasteiger partial charge in [0.05, 0.1) is 10.3 Å². The van der Waals surface area contributed by atoms with E-state index in [1.165, 1.54) is 18.2 Å². The molecule has 39 heavy (non-hydrogen) atoms. The Morgan fingerprint density at radius 1 is 1.13 bits per heavy atom. The SMILES string of the molecule is CN1CCN(Cc2ccc(NC(=O)c3nsc4cc(Oc5cc(Cl)nc(N)n5)ccc34)cc2C(F)(F)F)CC1. The molecule has 1 aliphatic heterocycles. The van der Waals surface area contributed by atoms with Crippen LogP contribution in [0.15, 0.2) is 42.5 Å². The summed E-state index contributed by atoms with van der Waals surface area (Å²) in [4.78, 5) is 24.9. The number of nitrogens with two attached hydrogens (primary N) is 1. The average molecular weight is 578 g/mol. The van der Waals surface area contributed by atoms with Gasteiger partial charge in [0.25, 0.3) is 5.91 Å². The number of carbonyl (C=O) groups excluding carboxylic acids is 1. The van der Waals surface area contributed by atoms with Crippen LogP contribution < -0.4 is 15.8 Å². The van der Waals surface area contributed by atoms with E-state index in [1.807, 2.05) is 11.9 Å². The highest BCUT2D eigenvalue weighted by atomic mass is 35.5. The second kappa shape index (κ2) is 10.9. The molecular weight excluding hydrogens is 555 g/mol.